The molecule has 4 rings (SSSR count). The molecule has 0 spiro atoms. The van der Waals surface area contributed by atoms with Gasteiger partial charge in [0.2, 0.25) is 0 Å². The van der Waals surface area contributed by atoms with Crippen LogP contribution in [0, 0.1) is 5.82 Å². The Balaban J connectivity index is 1.45. The molecule has 0 atom stereocenters. The highest BCUT2D eigenvalue weighted by Gasteiger charge is 2.28. The average Bonchev–Trinajstić information content (AvgIpc) is 3.25. The van der Waals surface area contributed by atoms with Crippen LogP contribution in [0.2, 0.25) is 10.0 Å². The van der Waals surface area contributed by atoms with E-state index >= 15 is 0 Å². The second-order valence-corrected chi connectivity index (χ2v) is 7.75. The first kappa shape index (κ1) is 20.4. The van der Waals surface area contributed by atoms with Gasteiger partial charge in [-0.3, -0.25) is 14.7 Å². The molecule has 9 heteroatoms. The molecular formula is C21H17Cl2FN4O2. The van der Waals surface area contributed by atoms with Crippen molar-refractivity contribution in [3.63, 3.8) is 0 Å². The molecule has 0 radical (unpaired) electrons. The zero-order valence-electron chi connectivity index (χ0n) is 15.7. The Hall–Kier alpha value is -2.90. The number of piperazine rings is 1. The molecule has 1 aromatic heterocycles. The summed E-state index contributed by atoms with van der Waals surface area (Å²) in [6.07, 6.45) is 1.49. The summed E-state index contributed by atoms with van der Waals surface area (Å²) in [5.41, 5.74) is 1.78. The molecule has 6 nitrogen and oxygen atoms in total. The van der Waals surface area contributed by atoms with E-state index in [0.717, 1.165) is 5.56 Å². The fraction of sp³-hybridized carbons (Fsp3) is 0.190. The van der Waals surface area contributed by atoms with E-state index < -0.39 is 11.7 Å². The lowest BCUT2D eigenvalue weighted by Crippen LogP contribution is -2.50. The largest absolute Gasteiger partial charge is 0.335 e. The van der Waals surface area contributed by atoms with Crippen molar-refractivity contribution in [3.05, 3.63) is 75.7 Å². The number of benzene rings is 2. The van der Waals surface area contributed by atoms with Gasteiger partial charge >= 0.3 is 0 Å². The average molecular weight is 447 g/mol. The van der Waals surface area contributed by atoms with Crippen molar-refractivity contribution in [2.24, 2.45) is 0 Å². The molecule has 0 unspecified atom stereocenters. The summed E-state index contributed by atoms with van der Waals surface area (Å²) in [7, 11) is 0. The van der Waals surface area contributed by atoms with Gasteiger partial charge in [-0.2, -0.15) is 5.10 Å². The first-order valence-electron chi connectivity index (χ1n) is 9.27. The predicted octanol–water partition coefficient (Wildman–Crippen LogP) is 4.12. The number of hydrogen-bond acceptors (Lipinski definition) is 3. The molecule has 2 heterocycles. The fourth-order valence-corrected chi connectivity index (χ4v) is 3.70. The van der Waals surface area contributed by atoms with E-state index in [9.17, 15) is 14.0 Å². The molecule has 1 aliphatic rings. The van der Waals surface area contributed by atoms with Crippen molar-refractivity contribution >= 4 is 35.0 Å². The number of aromatic nitrogens is 2. The van der Waals surface area contributed by atoms with Gasteiger partial charge in [0.15, 0.2) is 0 Å². The first-order valence-corrected chi connectivity index (χ1v) is 10.0. The third kappa shape index (κ3) is 4.04. The number of halogens is 3. The minimum atomic E-state index is -0.617. The van der Waals surface area contributed by atoms with Gasteiger partial charge in [0.25, 0.3) is 11.8 Å². The van der Waals surface area contributed by atoms with Crippen molar-refractivity contribution in [2.45, 2.75) is 0 Å². The maximum atomic E-state index is 14.0. The monoisotopic (exact) mass is 446 g/mol. The zero-order valence-corrected chi connectivity index (χ0v) is 17.3. The Kier molecular flexibility index (Phi) is 5.74. The SMILES string of the molecule is O=C(c1cc(Cl)ccc1F)N1CCN(C(=O)c2cn[nH]c2-c2ccc(Cl)cc2)CC1. The summed E-state index contributed by atoms with van der Waals surface area (Å²) in [6.45, 7) is 1.26. The molecule has 154 valence electrons. The van der Waals surface area contributed by atoms with Crippen LogP contribution in [0.15, 0.2) is 48.7 Å². The smallest absolute Gasteiger partial charge is 0.257 e. The number of rotatable bonds is 3. The number of carbonyl (C=O) groups is 2. The Morgan fingerprint density at radius 1 is 0.867 bits per heavy atom. The van der Waals surface area contributed by atoms with Crippen LogP contribution in [0.5, 0.6) is 0 Å². The van der Waals surface area contributed by atoms with Gasteiger partial charge in [0, 0.05) is 41.8 Å². The molecule has 30 heavy (non-hydrogen) atoms. The van der Waals surface area contributed by atoms with Crippen LogP contribution in [0.25, 0.3) is 11.3 Å². The second kappa shape index (κ2) is 8.45. The molecule has 1 N–H and O–H groups in total. The minimum absolute atomic E-state index is 0.0675. The lowest BCUT2D eigenvalue weighted by molar-refractivity contribution is 0.0533. The summed E-state index contributed by atoms with van der Waals surface area (Å²) in [6, 6.07) is 11.0. The van der Waals surface area contributed by atoms with Crippen molar-refractivity contribution in [1.82, 2.24) is 20.0 Å². The van der Waals surface area contributed by atoms with E-state index in [1.54, 1.807) is 17.0 Å². The highest BCUT2D eigenvalue weighted by Crippen LogP contribution is 2.25. The van der Waals surface area contributed by atoms with Gasteiger partial charge in [0.1, 0.15) is 5.82 Å². The topological polar surface area (TPSA) is 69.3 Å². The van der Waals surface area contributed by atoms with E-state index in [1.165, 1.54) is 29.3 Å². The number of nitrogens with one attached hydrogen (secondary N) is 1. The van der Waals surface area contributed by atoms with Crippen LogP contribution in [0.3, 0.4) is 0 Å². The summed E-state index contributed by atoms with van der Waals surface area (Å²) < 4.78 is 14.0. The van der Waals surface area contributed by atoms with Crippen LogP contribution in [0.4, 0.5) is 4.39 Å². The summed E-state index contributed by atoms with van der Waals surface area (Å²) in [4.78, 5) is 28.8. The van der Waals surface area contributed by atoms with Crippen molar-refractivity contribution < 1.29 is 14.0 Å². The number of H-pyrrole nitrogens is 1. The fourth-order valence-electron chi connectivity index (χ4n) is 3.40. The summed E-state index contributed by atoms with van der Waals surface area (Å²) in [5.74, 6) is -1.24. The van der Waals surface area contributed by atoms with E-state index in [-0.39, 0.29) is 11.5 Å². The lowest BCUT2D eigenvalue weighted by Gasteiger charge is -2.34. The van der Waals surface area contributed by atoms with Crippen LogP contribution in [-0.2, 0) is 0 Å². The van der Waals surface area contributed by atoms with Gasteiger partial charge in [-0.15, -0.1) is 0 Å². The molecule has 1 fully saturated rings. The molecule has 0 aliphatic carbocycles. The Labute approximate surface area is 182 Å². The van der Waals surface area contributed by atoms with Crippen LogP contribution in [0.1, 0.15) is 20.7 Å². The molecule has 2 amide bonds. The Morgan fingerprint density at radius 2 is 1.43 bits per heavy atom. The van der Waals surface area contributed by atoms with E-state index in [4.69, 9.17) is 23.2 Å². The summed E-state index contributed by atoms with van der Waals surface area (Å²) in [5, 5.41) is 7.77. The third-order valence-electron chi connectivity index (χ3n) is 5.02. The standard InChI is InChI=1S/C21H17Cl2FN4O2/c22-14-3-1-13(2-4-14)19-17(12-25-26-19)21(30)28-9-7-27(8-10-28)20(29)16-11-15(23)5-6-18(16)24/h1-6,11-12H,7-10H2,(H,25,26). The zero-order chi connectivity index (χ0) is 21.3. The van der Waals surface area contributed by atoms with E-state index in [1.807, 2.05) is 12.1 Å². The molecule has 0 saturated carbocycles. The number of aromatic amines is 1. The number of hydrogen-bond donors (Lipinski definition) is 1. The predicted molar refractivity (Wildman–Crippen MR) is 112 cm³/mol. The molecule has 0 bridgehead atoms. The first-order chi connectivity index (χ1) is 14.4. The molecule has 1 aliphatic heterocycles. The minimum Gasteiger partial charge on any atom is -0.335 e. The molecular weight excluding hydrogens is 430 g/mol. The summed E-state index contributed by atoms with van der Waals surface area (Å²) >= 11 is 11.8. The normalized spacial score (nSPS) is 14.1. The number of nitrogens with zero attached hydrogens (tertiary/aromatic N) is 3. The maximum Gasteiger partial charge on any atom is 0.257 e. The van der Waals surface area contributed by atoms with Gasteiger partial charge in [-0.05, 0) is 30.3 Å². The third-order valence-corrected chi connectivity index (χ3v) is 5.50. The molecule has 3 aromatic rings. The lowest BCUT2D eigenvalue weighted by atomic mass is 10.1. The maximum absolute atomic E-state index is 14.0. The second-order valence-electron chi connectivity index (χ2n) is 6.87. The number of carbonyl (C=O) groups excluding carboxylic acids is 2. The van der Waals surface area contributed by atoms with Crippen molar-refractivity contribution in [1.29, 1.82) is 0 Å². The van der Waals surface area contributed by atoms with Crippen LogP contribution < -0.4 is 0 Å². The van der Waals surface area contributed by atoms with Gasteiger partial charge in [0.05, 0.1) is 23.0 Å². The highest BCUT2D eigenvalue weighted by molar-refractivity contribution is 6.31. The van der Waals surface area contributed by atoms with Crippen molar-refractivity contribution in [3.8, 4) is 11.3 Å². The van der Waals surface area contributed by atoms with Gasteiger partial charge in [-0.1, -0.05) is 35.3 Å². The number of amides is 2. The van der Waals surface area contributed by atoms with Crippen LogP contribution >= 0.6 is 23.2 Å². The quantitative estimate of drug-likeness (QED) is 0.657. The van der Waals surface area contributed by atoms with E-state index in [0.29, 0.717) is 47.5 Å². The van der Waals surface area contributed by atoms with Gasteiger partial charge < -0.3 is 9.80 Å². The van der Waals surface area contributed by atoms with E-state index in [2.05, 4.69) is 10.2 Å². The molecule has 2 aromatic carbocycles. The van der Waals surface area contributed by atoms with Gasteiger partial charge in [-0.25, -0.2) is 4.39 Å². The van der Waals surface area contributed by atoms with Crippen molar-refractivity contribution in [2.75, 3.05) is 26.2 Å². The van der Waals surface area contributed by atoms with Crippen LogP contribution in [-0.4, -0.2) is 58.0 Å². The Morgan fingerprint density at radius 3 is 2.07 bits per heavy atom. The Bertz CT molecular complexity index is 1090. The highest BCUT2D eigenvalue weighted by atomic mass is 35.5. The molecule has 1 saturated heterocycles.